The van der Waals surface area contributed by atoms with Gasteiger partial charge in [-0.25, -0.2) is 18.7 Å². The van der Waals surface area contributed by atoms with Crippen LogP contribution in [0.1, 0.15) is 32.1 Å². The first-order valence-electron chi connectivity index (χ1n) is 13.8. The second-order valence-electron chi connectivity index (χ2n) is 10.1. The Kier molecular flexibility index (Phi) is 9.32. The minimum Gasteiger partial charge on any atom is -0.493 e. The first-order chi connectivity index (χ1) is 20.0. The summed E-state index contributed by atoms with van der Waals surface area (Å²) in [5, 5.41) is 23.6. The SMILES string of the molecule is O=C(Cn1cc(Nc2ncnc3cc(OCCCN[C@@H]4CCCC[C@H]4CO)ccc23)cn1)Nc1cccc(F)c1F. The highest BCUT2D eigenvalue weighted by Crippen LogP contribution is 2.27. The summed E-state index contributed by atoms with van der Waals surface area (Å²) >= 11 is 0. The molecule has 0 spiro atoms. The van der Waals surface area contributed by atoms with Crippen LogP contribution in [0.2, 0.25) is 0 Å². The Morgan fingerprint density at radius 1 is 1.15 bits per heavy atom. The molecule has 1 amide bonds. The zero-order valence-corrected chi connectivity index (χ0v) is 22.5. The largest absolute Gasteiger partial charge is 0.493 e. The van der Waals surface area contributed by atoms with Crippen molar-refractivity contribution in [3.05, 3.63) is 66.8 Å². The van der Waals surface area contributed by atoms with Crippen molar-refractivity contribution in [1.29, 1.82) is 0 Å². The molecule has 1 fully saturated rings. The summed E-state index contributed by atoms with van der Waals surface area (Å²) < 4.78 is 34.5. The third kappa shape index (κ3) is 7.33. The molecule has 0 unspecified atom stereocenters. The van der Waals surface area contributed by atoms with Crippen molar-refractivity contribution < 1.29 is 23.4 Å². The molecular formula is C29H33F2N7O3. The van der Waals surface area contributed by atoms with Crippen molar-refractivity contribution in [2.24, 2.45) is 5.92 Å². The minimum absolute atomic E-state index is 0.193. The molecule has 0 aliphatic heterocycles. The monoisotopic (exact) mass is 565 g/mol. The molecule has 0 saturated heterocycles. The maximum Gasteiger partial charge on any atom is 0.246 e. The molecule has 1 aliphatic rings. The molecule has 216 valence electrons. The number of rotatable bonds is 12. The number of amides is 1. The molecule has 4 N–H and O–H groups in total. The van der Waals surface area contributed by atoms with Gasteiger partial charge < -0.3 is 25.8 Å². The average Bonchev–Trinajstić information content (AvgIpc) is 3.41. The minimum atomic E-state index is -1.11. The zero-order valence-electron chi connectivity index (χ0n) is 22.5. The van der Waals surface area contributed by atoms with Crippen molar-refractivity contribution in [2.75, 3.05) is 30.4 Å². The lowest BCUT2D eigenvalue weighted by atomic mass is 9.85. The van der Waals surface area contributed by atoms with Crippen molar-refractivity contribution in [1.82, 2.24) is 25.1 Å². The number of fused-ring (bicyclic) bond motifs is 1. The van der Waals surface area contributed by atoms with Crippen LogP contribution in [0.15, 0.2) is 55.1 Å². The number of halogens is 2. The van der Waals surface area contributed by atoms with E-state index < -0.39 is 17.5 Å². The lowest BCUT2D eigenvalue weighted by Crippen LogP contribution is -2.40. The van der Waals surface area contributed by atoms with E-state index in [0.29, 0.717) is 41.3 Å². The number of carbonyl (C=O) groups excluding carboxylic acids is 1. The van der Waals surface area contributed by atoms with Gasteiger partial charge in [0.05, 0.1) is 29.7 Å². The fourth-order valence-electron chi connectivity index (χ4n) is 5.06. The van der Waals surface area contributed by atoms with E-state index in [1.54, 1.807) is 6.20 Å². The lowest BCUT2D eigenvalue weighted by Gasteiger charge is -2.31. The van der Waals surface area contributed by atoms with Crippen molar-refractivity contribution in [3.63, 3.8) is 0 Å². The quantitative estimate of drug-likeness (QED) is 0.186. The van der Waals surface area contributed by atoms with Crippen LogP contribution in [-0.4, -0.2) is 56.6 Å². The van der Waals surface area contributed by atoms with Gasteiger partial charge in [0.1, 0.15) is 24.4 Å². The van der Waals surface area contributed by atoms with Crippen LogP contribution in [0.3, 0.4) is 0 Å². The first kappa shape index (κ1) is 28.4. The molecule has 12 heteroatoms. The van der Waals surface area contributed by atoms with E-state index >= 15 is 0 Å². The number of aromatic nitrogens is 4. The molecule has 2 aromatic heterocycles. The summed E-state index contributed by atoms with van der Waals surface area (Å²) in [5.41, 5.74) is 1.06. The summed E-state index contributed by atoms with van der Waals surface area (Å²) in [6, 6.07) is 9.57. The lowest BCUT2D eigenvalue weighted by molar-refractivity contribution is -0.116. The van der Waals surface area contributed by atoms with Crippen LogP contribution in [-0.2, 0) is 11.3 Å². The summed E-state index contributed by atoms with van der Waals surface area (Å²) in [5.74, 6) is -1.09. The smallest absolute Gasteiger partial charge is 0.246 e. The fraction of sp³-hybridized carbons (Fsp3) is 0.379. The highest BCUT2D eigenvalue weighted by molar-refractivity contribution is 5.92. The molecular weight excluding hydrogens is 532 g/mol. The number of carbonyl (C=O) groups is 1. The van der Waals surface area contributed by atoms with Gasteiger partial charge in [0.2, 0.25) is 5.91 Å². The van der Waals surface area contributed by atoms with Crippen molar-refractivity contribution in [3.8, 4) is 5.75 Å². The third-order valence-electron chi connectivity index (χ3n) is 7.18. The van der Waals surface area contributed by atoms with E-state index in [-0.39, 0.29) is 18.8 Å². The highest BCUT2D eigenvalue weighted by atomic mass is 19.2. The van der Waals surface area contributed by atoms with E-state index in [1.807, 2.05) is 18.2 Å². The summed E-state index contributed by atoms with van der Waals surface area (Å²) in [7, 11) is 0. The molecule has 5 rings (SSSR count). The van der Waals surface area contributed by atoms with Crippen molar-refractivity contribution in [2.45, 2.75) is 44.7 Å². The van der Waals surface area contributed by atoms with E-state index in [2.05, 4.69) is 31.0 Å². The maximum absolute atomic E-state index is 13.8. The predicted molar refractivity (Wildman–Crippen MR) is 151 cm³/mol. The van der Waals surface area contributed by atoms with Crippen molar-refractivity contribution >= 4 is 34.0 Å². The van der Waals surface area contributed by atoms with E-state index in [9.17, 15) is 18.7 Å². The first-order valence-corrected chi connectivity index (χ1v) is 13.8. The van der Waals surface area contributed by atoms with Gasteiger partial charge >= 0.3 is 0 Å². The predicted octanol–water partition coefficient (Wildman–Crippen LogP) is 4.40. The Balaban J connectivity index is 1.13. The zero-order chi connectivity index (χ0) is 28.6. The van der Waals surface area contributed by atoms with Gasteiger partial charge in [-0.15, -0.1) is 0 Å². The van der Waals surface area contributed by atoms with Gasteiger partial charge in [0.15, 0.2) is 11.6 Å². The van der Waals surface area contributed by atoms with E-state index in [1.165, 1.54) is 42.2 Å². The molecule has 10 nitrogen and oxygen atoms in total. The number of aliphatic hydroxyl groups is 1. The van der Waals surface area contributed by atoms with Gasteiger partial charge in [-0.05, 0) is 56.0 Å². The molecule has 1 aliphatic carbocycles. The second kappa shape index (κ2) is 13.5. The standard InChI is InChI=1S/C29H33F2N7O3/c30-23-6-3-8-25(28(23)31)37-27(40)16-38-15-20(14-35-38)36-29-22-10-9-21(13-26(22)33-18-34-29)41-12-4-11-32-24-7-2-1-5-19(24)17-39/h3,6,8-10,13-15,18-19,24,32,39H,1-2,4-5,7,11-12,16-17H2,(H,37,40)(H,33,34,36)/t19-,24+/m0/s1. The normalized spacial score (nSPS) is 17.0. The highest BCUT2D eigenvalue weighted by Gasteiger charge is 2.23. The maximum atomic E-state index is 13.8. The fourth-order valence-corrected chi connectivity index (χ4v) is 5.06. The molecule has 2 aromatic carbocycles. The van der Waals surface area contributed by atoms with E-state index in [0.717, 1.165) is 37.3 Å². The number of nitrogens with zero attached hydrogens (tertiary/aromatic N) is 4. The van der Waals surface area contributed by atoms with Gasteiger partial charge in [0.25, 0.3) is 0 Å². The Morgan fingerprint density at radius 2 is 2.02 bits per heavy atom. The van der Waals surface area contributed by atoms with Crippen LogP contribution >= 0.6 is 0 Å². The number of hydrogen-bond donors (Lipinski definition) is 4. The number of nitrogens with one attached hydrogen (secondary N) is 3. The molecule has 41 heavy (non-hydrogen) atoms. The molecule has 2 heterocycles. The van der Waals surface area contributed by atoms with E-state index in [4.69, 9.17) is 4.74 Å². The number of hydrogen-bond acceptors (Lipinski definition) is 8. The molecule has 2 atom stereocenters. The molecule has 0 bridgehead atoms. The Morgan fingerprint density at radius 3 is 2.90 bits per heavy atom. The number of benzene rings is 2. The Hall–Kier alpha value is -4.16. The van der Waals surface area contributed by atoms with Crippen LogP contribution in [0.4, 0.5) is 26.0 Å². The summed E-state index contributed by atoms with van der Waals surface area (Å²) in [4.78, 5) is 21.0. The second-order valence-corrected chi connectivity index (χ2v) is 10.1. The van der Waals surface area contributed by atoms with Crippen LogP contribution in [0.5, 0.6) is 5.75 Å². The van der Waals surface area contributed by atoms with Crippen LogP contribution in [0.25, 0.3) is 10.9 Å². The number of aliphatic hydroxyl groups excluding tert-OH is 1. The number of anilines is 3. The van der Waals surface area contributed by atoms with Gasteiger partial charge in [0, 0.05) is 30.3 Å². The summed E-state index contributed by atoms with van der Waals surface area (Å²) in [6.07, 6.45) is 10.0. The number of ether oxygens (including phenoxy) is 1. The average molecular weight is 566 g/mol. The topological polar surface area (TPSA) is 126 Å². The Labute approximate surface area is 236 Å². The molecule has 1 saturated carbocycles. The third-order valence-corrected chi connectivity index (χ3v) is 7.18. The summed E-state index contributed by atoms with van der Waals surface area (Å²) in [6.45, 7) is 1.44. The van der Waals surface area contributed by atoms with Gasteiger partial charge in [-0.2, -0.15) is 5.10 Å². The van der Waals surface area contributed by atoms with Crippen LogP contribution < -0.4 is 20.7 Å². The Bertz CT molecular complexity index is 1480. The van der Waals surface area contributed by atoms with Crippen LogP contribution in [0, 0.1) is 17.6 Å². The van der Waals surface area contributed by atoms with Gasteiger partial charge in [-0.1, -0.05) is 18.9 Å². The molecule has 0 radical (unpaired) electrons. The van der Waals surface area contributed by atoms with Gasteiger partial charge in [-0.3, -0.25) is 9.48 Å². The molecule has 4 aromatic rings.